The third-order valence-electron chi connectivity index (χ3n) is 0.896. The maximum absolute atomic E-state index is 11.0. The number of nitrogens with zero attached hydrogens (tertiary/aromatic N) is 1. The fourth-order valence-electron chi connectivity index (χ4n) is 0.251. The van der Waals surface area contributed by atoms with Crippen LogP contribution in [0.4, 0.5) is 0 Å². The van der Waals surface area contributed by atoms with Crippen molar-refractivity contribution in [3.8, 4) is 0 Å². The van der Waals surface area contributed by atoms with Gasteiger partial charge in [0.15, 0.2) is 0 Å². The lowest BCUT2D eigenvalue weighted by Crippen LogP contribution is -2.31. The van der Waals surface area contributed by atoms with Crippen LogP contribution >= 0.6 is 22.6 Å². The Hall–Kier alpha value is -0.130. The number of halogens is 1. The highest BCUT2D eigenvalue weighted by Gasteiger charge is 2.20. The molecule has 58 valence electrons. The van der Waals surface area contributed by atoms with Gasteiger partial charge in [0.05, 0.1) is 4.22 Å². The third kappa shape index (κ3) is 3.81. The Labute approximate surface area is 74.4 Å². The lowest BCUT2D eigenvalue weighted by molar-refractivity contribution is -0.128. The Morgan fingerprint density at radius 1 is 1.60 bits per heavy atom. The summed E-state index contributed by atoms with van der Waals surface area (Å²) in [6.07, 6.45) is 0. The Balaban J connectivity index is 3.86. The molecule has 0 saturated heterocycles. The molecule has 0 bridgehead atoms. The van der Waals surface area contributed by atoms with Crippen LogP contribution in [0, 0.1) is 5.41 Å². The van der Waals surface area contributed by atoms with E-state index in [9.17, 15) is 4.79 Å². The number of amides is 1. The molecule has 10 heavy (non-hydrogen) atoms. The Bertz CT molecular complexity index is 148. The molecule has 3 nitrogen and oxygen atoms in total. The van der Waals surface area contributed by atoms with E-state index < -0.39 is 0 Å². The lowest BCUT2D eigenvalue weighted by Gasteiger charge is -2.14. The monoisotopic (exact) mass is 254 g/mol. The van der Waals surface area contributed by atoms with Gasteiger partial charge in [-0.1, -0.05) is 20.8 Å². The van der Waals surface area contributed by atoms with E-state index in [1.54, 1.807) is 0 Å². The molecule has 0 heterocycles. The van der Waals surface area contributed by atoms with E-state index in [1.807, 2.05) is 43.4 Å². The summed E-state index contributed by atoms with van der Waals surface area (Å²) in [5, 5.41) is 3.60. The van der Waals surface area contributed by atoms with Crippen LogP contribution in [-0.2, 0) is 4.79 Å². The summed E-state index contributed by atoms with van der Waals surface area (Å²) in [5.41, 5.74) is 2.04. The number of hydrogen-bond acceptors (Lipinski definition) is 2. The fourth-order valence-corrected chi connectivity index (χ4v) is 0.390. The summed E-state index contributed by atoms with van der Waals surface area (Å²) in [6, 6.07) is 0. The molecule has 0 radical (unpaired) electrons. The number of carbonyl (C=O) groups is 1. The Morgan fingerprint density at radius 2 is 2.10 bits per heavy atom. The van der Waals surface area contributed by atoms with Crippen LogP contribution in [0.2, 0.25) is 0 Å². The van der Waals surface area contributed by atoms with Gasteiger partial charge in [0.1, 0.15) is 0 Å². The van der Waals surface area contributed by atoms with E-state index in [2.05, 4.69) is 10.5 Å². The van der Waals surface area contributed by atoms with E-state index in [-0.39, 0.29) is 11.3 Å². The van der Waals surface area contributed by atoms with Gasteiger partial charge in [0.25, 0.3) is 0 Å². The van der Waals surface area contributed by atoms with Crippen molar-refractivity contribution in [1.82, 2.24) is 5.43 Å². The van der Waals surface area contributed by atoms with Crippen LogP contribution in [0.3, 0.4) is 0 Å². The molecule has 0 aliphatic carbocycles. The highest BCUT2D eigenvalue weighted by atomic mass is 127. The topological polar surface area (TPSA) is 41.5 Å². The molecule has 0 aromatic carbocycles. The van der Waals surface area contributed by atoms with E-state index in [0.717, 1.165) is 0 Å². The number of hydrazone groups is 1. The van der Waals surface area contributed by atoms with Gasteiger partial charge >= 0.3 is 0 Å². The smallest absolute Gasteiger partial charge is 0.245 e. The van der Waals surface area contributed by atoms with Crippen molar-refractivity contribution in [2.24, 2.45) is 10.5 Å². The van der Waals surface area contributed by atoms with Crippen molar-refractivity contribution < 1.29 is 4.79 Å². The third-order valence-corrected chi connectivity index (χ3v) is 1.17. The number of rotatable bonds is 1. The predicted molar refractivity (Wildman–Crippen MR) is 50.1 cm³/mol. The Morgan fingerprint density at radius 3 is 2.40 bits per heavy atom. The molecule has 0 aromatic rings. The molecule has 0 aliphatic rings. The van der Waals surface area contributed by atoms with Gasteiger partial charge in [-0.3, -0.25) is 4.79 Å². The highest BCUT2D eigenvalue weighted by Crippen LogP contribution is 2.11. The summed E-state index contributed by atoms with van der Waals surface area (Å²) < 4.78 is 1.52. The molecule has 0 atom stereocenters. The minimum Gasteiger partial charge on any atom is -0.273 e. The lowest BCUT2D eigenvalue weighted by atomic mass is 9.96. The molecule has 4 heteroatoms. The van der Waals surface area contributed by atoms with E-state index in [0.29, 0.717) is 0 Å². The van der Waals surface area contributed by atoms with Crippen LogP contribution in [0.15, 0.2) is 5.10 Å². The first kappa shape index (κ1) is 9.87. The van der Waals surface area contributed by atoms with Crippen molar-refractivity contribution >= 4 is 32.7 Å². The van der Waals surface area contributed by atoms with E-state index in [1.165, 1.54) is 4.22 Å². The average Bonchev–Trinajstić information content (AvgIpc) is 1.80. The first-order valence-corrected chi connectivity index (χ1v) is 4.15. The number of hydrogen-bond donors (Lipinski definition) is 1. The zero-order valence-electron chi connectivity index (χ0n) is 6.31. The second-order valence-corrected chi connectivity index (χ2v) is 3.47. The minimum atomic E-state index is -0.358. The molecule has 0 fully saturated rings. The van der Waals surface area contributed by atoms with Crippen molar-refractivity contribution in [3.05, 3.63) is 0 Å². The zero-order valence-corrected chi connectivity index (χ0v) is 8.47. The van der Waals surface area contributed by atoms with Gasteiger partial charge in [-0.2, -0.15) is 5.10 Å². The molecule has 0 saturated carbocycles. The van der Waals surface area contributed by atoms with Crippen LogP contribution in [0.25, 0.3) is 0 Å². The summed E-state index contributed by atoms with van der Waals surface area (Å²) in [6.45, 7) is 5.52. The van der Waals surface area contributed by atoms with Gasteiger partial charge in [-0.15, -0.1) is 0 Å². The second-order valence-electron chi connectivity index (χ2n) is 2.92. The maximum atomic E-state index is 11.0. The molecule has 0 aromatic heterocycles. The normalized spacial score (nSPS) is 12.0. The average molecular weight is 254 g/mol. The van der Waals surface area contributed by atoms with Crippen molar-refractivity contribution in [3.63, 3.8) is 0 Å². The van der Waals surface area contributed by atoms with Crippen molar-refractivity contribution in [1.29, 1.82) is 0 Å². The predicted octanol–water partition coefficient (Wildman–Crippen LogP) is 1.53. The van der Waals surface area contributed by atoms with Crippen molar-refractivity contribution in [2.75, 3.05) is 0 Å². The molecule has 1 N–H and O–H groups in total. The summed E-state index contributed by atoms with van der Waals surface area (Å²) >= 11 is 1.94. The number of carbonyl (C=O) groups excluding carboxylic acids is 1. The highest BCUT2D eigenvalue weighted by molar-refractivity contribution is 14.1. The molecule has 0 unspecified atom stereocenters. The standard InChI is InChI=1S/C6H11IN2O/c1-6(2,3)5(10)9-8-4-7/h4H,1-3H3,(H,9,10)/b8-4-. The summed E-state index contributed by atoms with van der Waals surface area (Å²) in [5.74, 6) is -0.0691. The number of nitrogens with one attached hydrogen (secondary N) is 1. The molecule has 1 amide bonds. The first-order chi connectivity index (χ1) is 4.48. The van der Waals surface area contributed by atoms with Crippen LogP contribution < -0.4 is 5.43 Å². The Kier molecular flexibility index (Phi) is 3.85. The van der Waals surface area contributed by atoms with Crippen LogP contribution in [-0.4, -0.2) is 10.1 Å². The van der Waals surface area contributed by atoms with Gasteiger partial charge in [-0.05, 0) is 22.6 Å². The first-order valence-electron chi connectivity index (χ1n) is 2.90. The molecule has 0 aliphatic heterocycles. The zero-order chi connectivity index (χ0) is 8.20. The summed E-state index contributed by atoms with van der Waals surface area (Å²) in [7, 11) is 0. The van der Waals surface area contributed by atoms with Crippen molar-refractivity contribution in [2.45, 2.75) is 20.8 Å². The maximum Gasteiger partial charge on any atom is 0.245 e. The molecule has 0 rings (SSSR count). The van der Waals surface area contributed by atoms with E-state index in [4.69, 9.17) is 0 Å². The van der Waals surface area contributed by atoms with Gasteiger partial charge < -0.3 is 0 Å². The van der Waals surface area contributed by atoms with E-state index >= 15 is 0 Å². The molecular formula is C6H11IN2O. The quantitative estimate of drug-likeness (QED) is 0.430. The van der Waals surface area contributed by atoms with Gasteiger partial charge in [-0.25, -0.2) is 5.43 Å². The SMILES string of the molecule is CC(C)(C)C(=O)N/N=C\I. The second kappa shape index (κ2) is 3.90. The van der Waals surface area contributed by atoms with Crippen LogP contribution in [0.1, 0.15) is 20.8 Å². The molecular weight excluding hydrogens is 243 g/mol. The minimum absolute atomic E-state index is 0.0691. The van der Waals surface area contributed by atoms with Gasteiger partial charge in [0.2, 0.25) is 5.91 Å². The fraction of sp³-hybridized carbons (Fsp3) is 0.667. The van der Waals surface area contributed by atoms with Gasteiger partial charge in [0, 0.05) is 5.41 Å². The summed E-state index contributed by atoms with van der Waals surface area (Å²) in [4.78, 5) is 11.0. The molecule has 0 spiro atoms. The van der Waals surface area contributed by atoms with Crippen LogP contribution in [0.5, 0.6) is 0 Å². The largest absolute Gasteiger partial charge is 0.273 e.